The zero-order valence-electron chi connectivity index (χ0n) is 15.1. The van der Waals surface area contributed by atoms with Gasteiger partial charge in [-0.15, -0.1) is 4.83 Å². The van der Waals surface area contributed by atoms with Gasteiger partial charge in [0.1, 0.15) is 0 Å². The van der Waals surface area contributed by atoms with Crippen LogP contribution in [0, 0.1) is 6.92 Å². The number of esters is 1. The number of hydrogen-bond donors (Lipinski definition) is 1. The van der Waals surface area contributed by atoms with Gasteiger partial charge in [0, 0.05) is 19.2 Å². The molecule has 10 heteroatoms. The topological polar surface area (TPSA) is 84.9 Å². The molecule has 0 saturated carbocycles. The summed E-state index contributed by atoms with van der Waals surface area (Å²) in [4.78, 5) is 13.1. The third-order valence-corrected chi connectivity index (χ3v) is 5.14. The Bertz CT molecular complexity index is 805. The second-order valence-electron chi connectivity index (χ2n) is 5.92. The second-order valence-corrected chi connectivity index (χ2v) is 7.54. The van der Waals surface area contributed by atoms with Crippen LogP contribution in [-0.2, 0) is 24.3 Å². The number of alkyl halides is 2. The summed E-state index contributed by atoms with van der Waals surface area (Å²) in [7, 11) is -4.38. The molecule has 0 atom stereocenters. The number of hydrogen-bond acceptors (Lipinski definition) is 6. The Morgan fingerprint density at radius 2 is 2.04 bits per heavy atom. The normalized spacial score (nSPS) is 17.0. The number of hydrazine groups is 1. The molecule has 27 heavy (non-hydrogen) atoms. The molecular weight excluding hydrogens is 382 g/mol. The molecule has 0 radical (unpaired) electrons. The summed E-state index contributed by atoms with van der Waals surface area (Å²) in [5, 5.41) is 1.37. The quantitative estimate of drug-likeness (QED) is 0.697. The molecule has 1 aliphatic heterocycles. The lowest BCUT2D eigenvalue weighted by Gasteiger charge is -2.27. The smallest absolute Gasteiger partial charge is 0.381 e. The third kappa shape index (κ3) is 5.80. The summed E-state index contributed by atoms with van der Waals surface area (Å²) < 4.78 is 63.7. The molecule has 0 spiro atoms. The Labute approximate surface area is 157 Å². The molecule has 1 N–H and O–H groups in total. The zero-order valence-corrected chi connectivity index (χ0v) is 15.9. The average molecular weight is 404 g/mol. The van der Waals surface area contributed by atoms with Gasteiger partial charge >= 0.3 is 11.9 Å². The lowest BCUT2D eigenvalue weighted by molar-refractivity contribution is -0.164. The van der Waals surface area contributed by atoms with E-state index >= 15 is 0 Å². The van der Waals surface area contributed by atoms with Gasteiger partial charge in [-0.3, -0.25) is 0 Å². The van der Waals surface area contributed by atoms with Crippen LogP contribution in [-0.4, -0.2) is 58.2 Å². The maximum Gasteiger partial charge on any atom is 0.381 e. The van der Waals surface area contributed by atoms with Gasteiger partial charge in [0.25, 0.3) is 10.0 Å². The van der Waals surface area contributed by atoms with Gasteiger partial charge in [0.2, 0.25) is 0 Å². The fourth-order valence-electron chi connectivity index (χ4n) is 2.44. The van der Waals surface area contributed by atoms with E-state index in [4.69, 9.17) is 4.74 Å². The predicted molar refractivity (Wildman–Crippen MR) is 95.2 cm³/mol. The number of ether oxygens (including phenoxy) is 2. The number of carbonyl (C=O) groups excluding carboxylic acids is 1. The van der Waals surface area contributed by atoms with Crippen molar-refractivity contribution >= 4 is 20.9 Å². The number of benzene rings is 1. The first-order valence-electron chi connectivity index (χ1n) is 8.36. The number of sulfonamides is 1. The number of nitrogens with zero attached hydrogens (tertiary/aromatic N) is 1. The monoisotopic (exact) mass is 404 g/mol. The van der Waals surface area contributed by atoms with E-state index < -0.39 is 26.8 Å². The number of carbonyl (C=O) groups is 1. The van der Waals surface area contributed by atoms with Crippen LogP contribution in [0.25, 0.3) is 4.91 Å². The summed E-state index contributed by atoms with van der Waals surface area (Å²) in [6.07, 6.45) is 0.128. The molecule has 1 aromatic carbocycles. The number of halogens is 2. The van der Waals surface area contributed by atoms with Gasteiger partial charge in [-0.05, 0) is 19.4 Å². The first kappa shape index (κ1) is 21.4. The lowest BCUT2D eigenvalue weighted by atomic mass is 10.1. The number of nitrogens with one attached hydrogen (secondary N) is 1. The minimum absolute atomic E-state index is 0.0414. The van der Waals surface area contributed by atoms with Gasteiger partial charge in [0.15, 0.2) is 0 Å². The average Bonchev–Trinajstić information content (AvgIpc) is 2.60. The molecular formula is C17H22F2N2O5S. The van der Waals surface area contributed by atoms with Crippen molar-refractivity contribution in [3.05, 3.63) is 41.5 Å². The summed E-state index contributed by atoms with van der Waals surface area (Å²) in [5.41, 5.74) is 0.721. The van der Waals surface area contributed by atoms with Crippen LogP contribution in [0.1, 0.15) is 18.1 Å². The predicted octanol–water partition coefficient (Wildman–Crippen LogP) is 1.70. The first-order chi connectivity index (χ1) is 12.7. The Balaban J connectivity index is 2.46. The number of rotatable bonds is 7. The number of aryl methyl sites for hydroxylation is 1. The summed E-state index contributed by atoms with van der Waals surface area (Å²) in [5.74, 6) is -5.91. The molecule has 7 nitrogen and oxygen atoms in total. The summed E-state index contributed by atoms with van der Waals surface area (Å²) >= 11 is 0. The highest BCUT2D eigenvalue weighted by atomic mass is 32.2. The van der Waals surface area contributed by atoms with Crippen molar-refractivity contribution in [1.82, 2.24) is 9.84 Å². The molecule has 2 rings (SSSR count). The Morgan fingerprint density at radius 1 is 1.37 bits per heavy atom. The first-order valence-corrected chi connectivity index (χ1v) is 9.84. The summed E-state index contributed by atoms with van der Waals surface area (Å²) in [6.45, 7) is 4.00. The summed E-state index contributed by atoms with van der Waals surface area (Å²) in [6, 6.07) is 6.09. The molecule has 0 aliphatic carbocycles. The van der Waals surface area contributed by atoms with Crippen LogP contribution in [0.15, 0.2) is 30.3 Å². The molecule has 1 aromatic rings. The van der Waals surface area contributed by atoms with Gasteiger partial charge in [0.05, 0.1) is 24.7 Å². The Hall–Kier alpha value is -1.88. The molecule has 1 heterocycles. The minimum atomic E-state index is -4.38. The van der Waals surface area contributed by atoms with E-state index in [1.807, 2.05) is 0 Å². The molecule has 1 saturated heterocycles. The minimum Gasteiger partial charge on any atom is -0.461 e. The van der Waals surface area contributed by atoms with E-state index in [0.29, 0.717) is 18.8 Å². The van der Waals surface area contributed by atoms with Crippen molar-refractivity contribution in [3.63, 3.8) is 0 Å². The molecule has 0 aromatic heterocycles. The van der Waals surface area contributed by atoms with E-state index in [0.717, 1.165) is 0 Å². The highest BCUT2D eigenvalue weighted by molar-refractivity contribution is 7.98. The third-order valence-electron chi connectivity index (χ3n) is 3.71. The van der Waals surface area contributed by atoms with Crippen LogP contribution >= 0.6 is 0 Å². The van der Waals surface area contributed by atoms with Crippen LogP contribution in [0.3, 0.4) is 0 Å². The van der Waals surface area contributed by atoms with Crippen molar-refractivity contribution in [2.45, 2.75) is 19.8 Å². The van der Waals surface area contributed by atoms with E-state index in [9.17, 15) is 22.0 Å². The van der Waals surface area contributed by atoms with Gasteiger partial charge in [-0.25, -0.2) is 18.2 Å². The molecule has 0 bridgehead atoms. The fourth-order valence-corrected chi connectivity index (χ4v) is 3.80. The molecule has 0 unspecified atom stereocenters. The maximum atomic E-state index is 14.3. The number of morpholine rings is 1. The van der Waals surface area contributed by atoms with E-state index in [1.165, 1.54) is 24.1 Å². The van der Waals surface area contributed by atoms with Crippen molar-refractivity contribution in [2.24, 2.45) is 0 Å². The van der Waals surface area contributed by atoms with E-state index in [-0.39, 0.29) is 31.3 Å². The SMILES string of the molecule is CCOC(=O)C(F)(F)/C=C(\c1cccc(C)c1)S(=O)(=O)NN1CCOCC1. The zero-order chi connectivity index (χ0) is 20.1. The molecule has 1 fully saturated rings. The highest BCUT2D eigenvalue weighted by Gasteiger charge is 2.41. The van der Waals surface area contributed by atoms with Crippen molar-refractivity contribution in [3.8, 4) is 0 Å². The van der Waals surface area contributed by atoms with E-state index in [2.05, 4.69) is 9.57 Å². The molecule has 1 aliphatic rings. The fraction of sp³-hybridized carbons (Fsp3) is 0.471. The molecule has 150 valence electrons. The van der Waals surface area contributed by atoms with Crippen LogP contribution in [0.5, 0.6) is 0 Å². The lowest BCUT2D eigenvalue weighted by Crippen LogP contribution is -2.48. The van der Waals surface area contributed by atoms with Crippen LogP contribution in [0.4, 0.5) is 8.78 Å². The van der Waals surface area contributed by atoms with Crippen molar-refractivity contribution < 1.29 is 31.5 Å². The Kier molecular flexibility index (Phi) is 7.04. The van der Waals surface area contributed by atoms with Crippen molar-refractivity contribution in [2.75, 3.05) is 32.9 Å². The maximum absolute atomic E-state index is 14.3. The largest absolute Gasteiger partial charge is 0.461 e. The van der Waals surface area contributed by atoms with Crippen molar-refractivity contribution in [1.29, 1.82) is 0 Å². The highest BCUT2D eigenvalue weighted by Crippen LogP contribution is 2.28. The van der Waals surface area contributed by atoms with Gasteiger partial charge in [-0.2, -0.15) is 8.78 Å². The van der Waals surface area contributed by atoms with Crippen LogP contribution in [0.2, 0.25) is 0 Å². The van der Waals surface area contributed by atoms with Gasteiger partial charge < -0.3 is 9.47 Å². The molecule has 0 amide bonds. The van der Waals surface area contributed by atoms with E-state index in [1.54, 1.807) is 19.1 Å². The van der Waals surface area contributed by atoms with Gasteiger partial charge in [-0.1, -0.05) is 29.8 Å². The Morgan fingerprint density at radius 3 is 2.63 bits per heavy atom. The standard InChI is InChI=1S/C17H22F2N2O5S/c1-3-26-16(22)17(18,19)12-15(14-6-4-5-13(2)11-14)27(23,24)20-21-7-9-25-10-8-21/h4-6,11-12,20H,3,7-10H2,1-2H3/b15-12+. The second kappa shape index (κ2) is 8.87. The van der Waals surface area contributed by atoms with Crippen LogP contribution < -0.4 is 4.83 Å².